The van der Waals surface area contributed by atoms with Gasteiger partial charge in [-0.25, -0.2) is 18.2 Å². The van der Waals surface area contributed by atoms with Crippen LogP contribution in [0.5, 0.6) is 0 Å². The van der Waals surface area contributed by atoms with Gasteiger partial charge >= 0.3 is 5.97 Å². The van der Waals surface area contributed by atoms with E-state index in [0.29, 0.717) is 23.1 Å². The minimum absolute atomic E-state index is 0.0540. The normalized spacial score (nSPS) is 11.1. The van der Waals surface area contributed by atoms with E-state index in [1.807, 2.05) is 6.92 Å². The lowest BCUT2D eigenvalue weighted by atomic mass is 10.2. The average molecular weight is 474 g/mol. The first-order valence-corrected chi connectivity index (χ1v) is 12.1. The Morgan fingerprint density at radius 2 is 1.72 bits per heavy atom. The fourth-order valence-electron chi connectivity index (χ4n) is 2.90. The van der Waals surface area contributed by atoms with E-state index in [2.05, 4.69) is 4.98 Å². The Balaban J connectivity index is 1.65. The van der Waals surface area contributed by atoms with Crippen molar-refractivity contribution in [3.63, 3.8) is 0 Å². The minimum Gasteiger partial charge on any atom is -0.456 e. The predicted octanol–water partition coefficient (Wildman–Crippen LogP) is 3.70. The summed E-state index contributed by atoms with van der Waals surface area (Å²) >= 11 is 1.29. The second-order valence-electron chi connectivity index (χ2n) is 6.79. The molecule has 0 aliphatic rings. The molecule has 0 fully saturated rings. The molecule has 0 atom stereocenters. The zero-order valence-corrected chi connectivity index (χ0v) is 19.5. The Bertz CT molecular complexity index is 1190. The van der Waals surface area contributed by atoms with Crippen molar-refractivity contribution in [2.75, 3.05) is 22.8 Å². The van der Waals surface area contributed by atoms with Crippen molar-refractivity contribution in [2.24, 2.45) is 0 Å². The SMILES string of the molecule is CCN(C(C)=O)c1nc(COC(=O)c2ccc(S(=O)(=O)N(C)c3ccccc3)cc2)cs1. The zero-order chi connectivity index (χ0) is 23.3. The number of hydrogen-bond acceptors (Lipinski definition) is 7. The van der Waals surface area contributed by atoms with E-state index in [1.165, 1.54) is 58.8 Å². The van der Waals surface area contributed by atoms with E-state index in [1.54, 1.807) is 35.7 Å². The van der Waals surface area contributed by atoms with Crippen molar-refractivity contribution in [3.8, 4) is 0 Å². The highest BCUT2D eigenvalue weighted by molar-refractivity contribution is 7.92. The highest BCUT2D eigenvalue weighted by Gasteiger charge is 2.22. The number of ether oxygens (including phenoxy) is 1. The first-order chi connectivity index (χ1) is 15.2. The van der Waals surface area contributed by atoms with Gasteiger partial charge in [-0.1, -0.05) is 18.2 Å². The van der Waals surface area contributed by atoms with Gasteiger partial charge in [-0.3, -0.25) is 14.0 Å². The Morgan fingerprint density at radius 1 is 1.06 bits per heavy atom. The lowest BCUT2D eigenvalue weighted by Gasteiger charge is -2.19. The van der Waals surface area contributed by atoms with Gasteiger partial charge in [0.1, 0.15) is 6.61 Å². The highest BCUT2D eigenvalue weighted by atomic mass is 32.2. The van der Waals surface area contributed by atoms with Crippen LogP contribution in [0.25, 0.3) is 0 Å². The summed E-state index contributed by atoms with van der Waals surface area (Å²) in [6, 6.07) is 14.3. The van der Waals surface area contributed by atoms with Gasteiger partial charge in [-0.05, 0) is 43.3 Å². The Kier molecular flexibility index (Phi) is 7.26. The second kappa shape index (κ2) is 9.92. The number of sulfonamides is 1. The smallest absolute Gasteiger partial charge is 0.338 e. The van der Waals surface area contributed by atoms with Gasteiger partial charge in [-0.15, -0.1) is 11.3 Å². The summed E-state index contributed by atoms with van der Waals surface area (Å²) in [5.74, 6) is -0.711. The van der Waals surface area contributed by atoms with Crippen LogP contribution in [0, 0.1) is 0 Å². The Morgan fingerprint density at radius 3 is 2.31 bits per heavy atom. The molecule has 1 aromatic heterocycles. The van der Waals surface area contributed by atoms with Gasteiger partial charge in [0.15, 0.2) is 5.13 Å². The molecule has 0 bridgehead atoms. The fraction of sp³-hybridized carbons (Fsp3) is 0.227. The number of amides is 1. The summed E-state index contributed by atoms with van der Waals surface area (Å²) in [6.45, 7) is 3.76. The standard InChI is InChI=1S/C22H23N3O5S2/c1-4-25(16(2)26)22-23-18(15-31-22)14-30-21(27)17-10-12-20(13-11-17)32(28,29)24(3)19-8-6-5-7-9-19/h5-13,15H,4,14H2,1-3H3. The zero-order valence-electron chi connectivity index (χ0n) is 17.9. The van der Waals surface area contributed by atoms with Crippen LogP contribution in [-0.2, 0) is 26.2 Å². The average Bonchev–Trinajstić information content (AvgIpc) is 3.26. The molecule has 8 nitrogen and oxygen atoms in total. The number of nitrogens with zero attached hydrogens (tertiary/aromatic N) is 3. The maximum atomic E-state index is 12.8. The molecule has 168 valence electrons. The molecule has 0 radical (unpaired) electrons. The molecule has 3 rings (SSSR count). The van der Waals surface area contributed by atoms with Crippen LogP contribution in [0.2, 0.25) is 0 Å². The number of para-hydroxylation sites is 1. The van der Waals surface area contributed by atoms with Crippen molar-refractivity contribution in [3.05, 3.63) is 71.2 Å². The summed E-state index contributed by atoms with van der Waals surface area (Å²) in [7, 11) is -2.29. The van der Waals surface area contributed by atoms with E-state index in [0.717, 1.165) is 0 Å². The topological polar surface area (TPSA) is 96.9 Å². The van der Waals surface area contributed by atoms with E-state index in [-0.39, 0.29) is 23.0 Å². The molecule has 1 amide bonds. The van der Waals surface area contributed by atoms with E-state index < -0.39 is 16.0 Å². The van der Waals surface area contributed by atoms with Crippen LogP contribution in [0.15, 0.2) is 64.9 Å². The lowest BCUT2D eigenvalue weighted by Crippen LogP contribution is -2.27. The third kappa shape index (κ3) is 5.14. The van der Waals surface area contributed by atoms with Crippen LogP contribution in [0.4, 0.5) is 10.8 Å². The van der Waals surface area contributed by atoms with E-state index >= 15 is 0 Å². The summed E-state index contributed by atoms with van der Waals surface area (Å²) in [5, 5.41) is 2.27. The number of esters is 1. The largest absolute Gasteiger partial charge is 0.456 e. The molecule has 0 saturated carbocycles. The molecule has 0 N–H and O–H groups in total. The summed E-state index contributed by atoms with van der Waals surface area (Å²) in [4.78, 5) is 29.9. The van der Waals surface area contributed by atoms with Gasteiger partial charge in [0.05, 0.1) is 21.8 Å². The maximum absolute atomic E-state index is 12.8. The van der Waals surface area contributed by atoms with Gasteiger partial charge in [0, 0.05) is 25.9 Å². The number of carbonyl (C=O) groups excluding carboxylic acids is 2. The van der Waals surface area contributed by atoms with Crippen LogP contribution in [-0.4, -0.2) is 38.9 Å². The molecule has 10 heteroatoms. The van der Waals surface area contributed by atoms with E-state index in [4.69, 9.17) is 4.74 Å². The van der Waals surface area contributed by atoms with Crippen LogP contribution in [0.1, 0.15) is 29.9 Å². The number of hydrogen-bond donors (Lipinski definition) is 0. The number of anilines is 2. The third-order valence-electron chi connectivity index (χ3n) is 4.69. The van der Waals surface area contributed by atoms with Crippen LogP contribution < -0.4 is 9.21 Å². The van der Waals surface area contributed by atoms with Gasteiger partial charge in [0.2, 0.25) is 5.91 Å². The fourth-order valence-corrected chi connectivity index (χ4v) is 5.01. The third-order valence-corrected chi connectivity index (χ3v) is 7.40. The number of aromatic nitrogens is 1. The van der Waals surface area contributed by atoms with E-state index in [9.17, 15) is 18.0 Å². The first-order valence-electron chi connectivity index (χ1n) is 9.77. The van der Waals surface area contributed by atoms with Crippen LogP contribution >= 0.6 is 11.3 Å². The summed E-state index contributed by atoms with van der Waals surface area (Å²) in [6.07, 6.45) is 0. The molecular weight excluding hydrogens is 450 g/mol. The van der Waals surface area contributed by atoms with Crippen molar-refractivity contribution in [2.45, 2.75) is 25.3 Å². The lowest BCUT2D eigenvalue weighted by molar-refractivity contribution is -0.116. The Labute approximate surface area is 191 Å². The molecule has 2 aromatic carbocycles. The van der Waals surface area contributed by atoms with Crippen molar-refractivity contribution in [1.82, 2.24) is 4.98 Å². The molecule has 3 aromatic rings. The molecule has 0 saturated heterocycles. The quantitative estimate of drug-likeness (QED) is 0.463. The molecule has 0 aliphatic heterocycles. The number of benzene rings is 2. The second-order valence-corrected chi connectivity index (χ2v) is 9.60. The van der Waals surface area contributed by atoms with Crippen molar-refractivity contribution < 1.29 is 22.7 Å². The van der Waals surface area contributed by atoms with Crippen LogP contribution in [0.3, 0.4) is 0 Å². The van der Waals surface area contributed by atoms with Gasteiger partial charge < -0.3 is 4.74 Å². The molecule has 0 spiro atoms. The molecule has 0 unspecified atom stereocenters. The predicted molar refractivity (Wildman–Crippen MR) is 123 cm³/mol. The monoisotopic (exact) mass is 473 g/mol. The van der Waals surface area contributed by atoms with Crippen molar-refractivity contribution in [1.29, 1.82) is 0 Å². The van der Waals surface area contributed by atoms with Gasteiger partial charge in [0.25, 0.3) is 10.0 Å². The molecule has 32 heavy (non-hydrogen) atoms. The first kappa shape index (κ1) is 23.4. The Hall–Kier alpha value is -3.24. The number of rotatable bonds is 8. The molecule has 0 aliphatic carbocycles. The maximum Gasteiger partial charge on any atom is 0.338 e. The summed E-state index contributed by atoms with van der Waals surface area (Å²) in [5.41, 5.74) is 1.28. The summed E-state index contributed by atoms with van der Waals surface area (Å²) < 4.78 is 32.1. The number of carbonyl (C=O) groups is 2. The minimum atomic E-state index is -3.76. The van der Waals surface area contributed by atoms with Crippen molar-refractivity contribution >= 4 is 44.1 Å². The molecule has 1 heterocycles. The van der Waals surface area contributed by atoms with Gasteiger partial charge in [-0.2, -0.15) is 0 Å². The molecular formula is C22H23N3O5S2. The highest BCUT2D eigenvalue weighted by Crippen LogP contribution is 2.23. The number of thiazole rings is 1.